The van der Waals surface area contributed by atoms with E-state index in [0.717, 1.165) is 6.26 Å². The van der Waals surface area contributed by atoms with E-state index >= 15 is 0 Å². The molecular weight excluding hydrogens is 362 g/mol. The van der Waals surface area contributed by atoms with E-state index in [9.17, 15) is 13.2 Å². The highest BCUT2D eigenvalue weighted by Gasteiger charge is 2.19. The number of rotatable bonds is 5. The van der Waals surface area contributed by atoms with Crippen molar-refractivity contribution < 1.29 is 8.42 Å². The van der Waals surface area contributed by atoms with Gasteiger partial charge in [0, 0.05) is 12.5 Å². The van der Waals surface area contributed by atoms with Crippen LogP contribution in [-0.2, 0) is 16.4 Å². The highest BCUT2D eigenvalue weighted by molar-refractivity contribution is 7.98. The molecule has 0 aliphatic carbocycles. The second kappa shape index (κ2) is 6.45. The van der Waals surface area contributed by atoms with Crippen molar-refractivity contribution in [2.75, 3.05) is 12.5 Å². The zero-order valence-electron chi connectivity index (χ0n) is 13.6. The van der Waals surface area contributed by atoms with Gasteiger partial charge in [0.05, 0.1) is 6.54 Å². The molecule has 10 heteroatoms. The van der Waals surface area contributed by atoms with Crippen molar-refractivity contribution in [3.8, 4) is 5.82 Å². The molecule has 0 aromatic carbocycles. The summed E-state index contributed by atoms with van der Waals surface area (Å²) in [5.74, 6) is 0.280. The minimum Gasteiger partial charge on any atom is -0.267 e. The highest BCUT2D eigenvalue weighted by atomic mass is 32.2. The van der Waals surface area contributed by atoms with Crippen LogP contribution < -0.4 is 5.56 Å². The van der Waals surface area contributed by atoms with E-state index in [2.05, 4.69) is 21.5 Å². The lowest BCUT2D eigenvalue weighted by Crippen LogP contribution is -2.22. The average Bonchev–Trinajstić information content (AvgIpc) is 2.86. The summed E-state index contributed by atoms with van der Waals surface area (Å²) >= 11 is 1.34. The van der Waals surface area contributed by atoms with Crippen molar-refractivity contribution in [1.82, 2.24) is 24.3 Å². The lowest BCUT2D eigenvalue weighted by Gasteiger charge is -2.10. The van der Waals surface area contributed by atoms with Crippen molar-refractivity contribution in [2.45, 2.75) is 16.7 Å². The van der Waals surface area contributed by atoms with E-state index in [4.69, 9.17) is 0 Å². The SMILES string of the molecule is C=CCn1c(=O)c2cnc(SC)nc2n1-c1cccc(S(C)(=O)=O)n1. The summed E-state index contributed by atoms with van der Waals surface area (Å²) in [7, 11) is -3.49. The van der Waals surface area contributed by atoms with Crippen molar-refractivity contribution in [1.29, 1.82) is 0 Å². The molecule has 130 valence electrons. The standard InChI is InChI=1S/C15H15N5O3S2/c1-4-8-19-14(21)10-9-16-15(24-2)18-13(10)20(19)11-6-5-7-12(17-11)25(3,22)23/h4-7,9H,1,8H2,2-3H3. The molecule has 0 atom stereocenters. The molecule has 3 rings (SSSR count). The minimum absolute atomic E-state index is 0.0800. The number of pyridine rings is 1. The third-order valence-corrected chi connectivity index (χ3v) is 4.99. The van der Waals surface area contributed by atoms with E-state index < -0.39 is 9.84 Å². The van der Waals surface area contributed by atoms with Gasteiger partial charge in [0.1, 0.15) is 5.39 Å². The maximum atomic E-state index is 12.7. The summed E-state index contributed by atoms with van der Waals surface area (Å²) in [5.41, 5.74) is 0.0680. The Kier molecular flexibility index (Phi) is 4.48. The lowest BCUT2D eigenvalue weighted by molar-refractivity contribution is 0.584. The van der Waals surface area contributed by atoms with Crippen LogP contribution in [0.3, 0.4) is 0 Å². The maximum Gasteiger partial charge on any atom is 0.278 e. The first-order valence-corrected chi connectivity index (χ1v) is 10.3. The summed E-state index contributed by atoms with van der Waals surface area (Å²) in [6, 6.07) is 4.60. The summed E-state index contributed by atoms with van der Waals surface area (Å²) < 4.78 is 26.5. The Morgan fingerprint density at radius 1 is 1.32 bits per heavy atom. The van der Waals surface area contributed by atoms with Crippen molar-refractivity contribution in [3.63, 3.8) is 0 Å². The Hall–Kier alpha value is -2.46. The number of aromatic nitrogens is 5. The molecule has 0 saturated heterocycles. The molecule has 0 aliphatic heterocycles. The molecule has 0 saturated carbocycles. The fourth-order valence-electron chi connectivity index (χ4n) is 2.36. The zero-order valence-corrected chi connectivity index (χ0v) is 15.2. The molecule has 25 heavy (non-hydrogen) atoms. The Morgan fingerprint density at radius 3 is 2.72 bits per heavy atom. The first-order valence-electron chi connectivity index (χ1n) is 7.17. The molecule has 0 radical (unpaired) electrons. The Bertz CT molecular complexity index is 1130. The van der Waals surface area contributed by atoms with Crippen LogP contribution in [0.25, 0.3) is 16.9 Å². The van der Waals surface area contributed by atoms with Crippen LogP contribution >= 0.6 is 11.8 Å². The number of thioether (sulfide) groups is 1. The molecule has 3 heterocycles. The van der Waals surface area contributed by atoms with Crippen LogP contribution in [0.1, 0.15) is 0 Å². The number of nitrogens with zero attached hydrogens (tertiary/aromatic N) is 5. The van der Waals surface area contributed by atoms with Crippen molar-refractivity contribution in [3.05, 3.63) is 47.4 Å². The second-order valence-corrected chi connectivity index (χ2v) is 7.92. The monoisotopic (exact) mass is 377 g/mol. The van der Waals surface area contributed by atoms with Gasteiger partial charge in [-0.2, -0.15) is 0 Å². The van der Waals surface area contributed by atoms with Gasteiger partial charge in [-0.25, -0.2) is 32.7 Å². The fourth-order valence-corrected chi connectivity index (χ4v) is 3.28. The molecular formula is C15H15N5O3S2. The third-order valence-electron chi connectivity index (χ3n) is 3.44. The van der Waals surface area contributed by atoms with Gasteiger partial charge in [0.15, 0.2) is 31.5 Å². The van der Waals surface area contributed by atoms with E-state index in [0.29, 0.717) is 16.2 Å². The van der Waals surface area contributed by atoms with E-state index in [1.54, 1.807) is 18.2 Å². The van der Waals surface area contributed by atoms with E-state index in [1.807, 2.05) is 6.26 Å². The normalized spacial score (nSPS) is 11.8. The first-order chi connectivity index (χ1) is 11.9. The van der Waals surface area contributed by atoms with Crippen LogP contribution in [0.2, 0.25) is 0 Å². The third kappa shape index (κ3) is 3.10. The molecule has 3 aromatic rings. The van der Waals surface area contributed by atoms with Gasteiger partial charge in [0.25, 0.3) is 5.56 Å². The maximum absolute atomic E-state index is 12.7. The van der Waals surface area contributed by atoms with E-state index in [1.165, 1.54) is 33.4 Å². The van der Waals surface area contributed by atoms with Crippen LogP contribution in [-0.4, -0.2) is 45.2 Å². The summed E-state index contributed by atoms with van der Waals surface area (Å²) in [5, 5.41) is 0.742. The van der Waals surface area contributed by atoms with E-state index in [-0.39, 0.29) is 22.9 Å². The van der Waals surface area contributed by atoms with Gasteiger partial charge in [-0.1, -0.05) is 23.9 Å². The topological polar surface area (TPSA) is 99.7 Å². The lowest BCUT2D eigenvalue weighted by atomic mass is 10.4. The highest BCUT2D eigenvalue weighted by Crippen LogP contribution is 2.18. The van der Waals surface area contributed by atoms with Crippen LogP contribution in [0.15, 0.2) is 52.0 Å². The smallest absolute Gasteiger partial charge is 0.267 e. The second-order valence-electron chi connectivity index (χ2n) is 5.19. The molecule has 8 nitrogen and oxygen atoms in total. The number of hydrogen-bond donors (Lipinski definition) is 0. The van der Waals surface area contributed by atoms with Gasteiger partial charge in [-0.05, 0) is 18.4 Å². The Balaban J connectivity index is 2.40. The number of allylic oxidation sites excluding steroid dienone is 1. The molecule has 0 bridgehead atoms. The predicted octanol–water partition coefficient (Wildman–Crippen LogP) is 1.29. The summed E-state index contributed by atoms with van der Waals surface area (Å²) in [4.78, 5) is 25.4. The minimum atomic E-state index is -3.49. The summed E-state index contributed by atoms with van der Waals surface area (Å²) in [6.45, 7) is 3.88. The Labute approximate surface area is 148 Å². The largest absolute Gasteiger partial charge is 0.278 e. The van der Waals surface area contributed by atoms with Gasteiger partial charge < -0.3 is 0 Å². The van der Waals surface area contributed by atoms with Gasteiger partial charge >= 0.3 is 0 Å². The van der Waals surface area contributed by atoms with Crippen LogP contribution in [0, 0.1) is 0 Å². The number of sulfone groups is 1. The first kappa shape index (κ1) is 17.4. The number of fused-ring (bicyclic) bond motifs is 1. The molecule has 0 fully saturated rings. The molecule has 0 spiro atoms. The van der Waals surface area contributed by atoms with Crippen LogP contribution in [0.4, 0.5) is 0 Å². The molecule has 0 amide bonds. The van der Waals surface area contributed by atoms with Crippen molar-refractivity contribution in [2.24, 2.45) is 0 Å². The molecule has 0 aliphatic rings. The van der Waals surface area contributed by atoms with Gasteiger partial charge in [0.2, 0.25) is 0 Å². The molecule has 0 N–H and O–H groups in total. The number of hydrogen-bond acceptors (Lipinski definition) is 7. The summed E-state index contributed by atoms with van der Waals surface area (Å²) in [6.07, 6.45) is 5.94. The molecule has 0 unspecified atom stereocenters. The van der Waals surface area contributed by atoms with Gasteiger partial charge in [-0.15, -0.1) is 6.58 Å². The quantitative estimate of drug-likeness (QED) is 0.375. The zero-order chi connectivity index (χ0) is 18.2. The molecule has 3 aromatic heterocycles. The Morgan fingerprint density at radius 2 is 2.08 bits per heavy atom. The van der Waals surface area contributed by atoms with Gasteiger partial charge in [-0.3, -0.25) is 4.79 Å². The average molecular weight is 377 g/mol. The fraction of sp³-hybridized carbons (Fsp3) is 0.200. The predicted molar refractivity (Wildman–Crippen MR) is 96.0 cm³/mol. The van der Waals surface area contributed by atoms with Crippen LogP contribution in [0.5, 0.6) is 0 Å². The van der Waals surface area contributed by atoms with Crippen molar-refractivity contribution >= 4 is 32.6 Å².